The smallest absolute Gasteiger partial charge is 0.322 e. The summed E-state index contributed by atoms with van der Waals surface area (Å²) in [7, 11) is 1.47. The van der Waals surface area contributed by atoms with Crippen LogP contribution in [-0.2, 0) is 9.53 Å². The molecule has 0 bridgehead atoms. The monoisotopic (exact) mass is 280 g/mol. The molecule has 0 amide bonds. The van der Waals surface area contributed by atoms with E-state index in [-0.39, 0.29) is 5.97 Å². The number of hydrogen-bond acceptors (Lipinski definition) is 3. The van der Waals surface area contributed by atoms with E-state index < -0.39 is 4.75 Å². The molecule has 0 unspecified atom stereocenters. The van der Waals surface area contributed by atoms with Crippen LogP contribution < -0.4 is 0 Å². The van der Waals surface area contributed by atoms with Crippen LogP contribution in [0.3, 0.4) is 0 Å². The lowest BCUT2D eigenvalue weighted by Crippen LogP contribution is -2.32. The van der Waals surface area contributed by atoms with E-state index in [1.807, 2.05) is 37.3 Å². The Kier molecular flexibility index (Phi) is 7.00. The van der Waals surface area contributed by atoms with Gasteiger partial charge in [-0.15, -0.1) is 11.8 Å². The molecule has 106 valence electrons. The normalized spacial score (nSPS) is 13.8. The van der Waals surface area contributed by atoms with Crippen LogP contribution in [0.15, 0.2) is 35.2 Å². The minimum Gasteiger partial charge on any atom is -0.468 e. The number of methoxy groups -OCH3 is 1. The summed E-state index contributed by atoms with van der Waals surface area (Å²) < 4.78 is 4.50. The van der Waals surface area contributed by atoms with Crippen molar-refractivity contribution in [3.05, 3.63) is 30.3 Å². The van der Waals surface area contributed by atoms with E-state index in [4.69, 9.17) is 4.74 Å². The van der Waals surface area contributed by atoms with Crippen molar-refractivity contribution in [2.45, 2.75) is 55.6 Å². The molecule has 1 aromatic rings. The molecule has 1 atom stereocenters. The molecule has 0 saturated heterocycles. The van der Waals surface area contributed by atoms with Crippen LogP contribution in [0.25, 0.3) is 0 Å². The number of carbonyl (C=O) groups excluding carboxylic acids is 1. The predicted molar refractivity (Wildman–Crippen MR) is 81.5 cm³/mol. The van der Waals surface area contributed by atoms with Crippen molar-refractivity contribution in [1.29, 1.82) is 0 Å². The van der Waals surface area contributed by atoms with E-state index in [0.29, 0.717) is 0 Å². The molecular formula is C16H24O2S. The molecule has 0 aliphatic rings. The zero-order valence-electron chi connectivity index (χ0n) is 12.1. The van der Waals surface area contributed by atoms with Gasteiger partial charge in [0.25, 0.3) is 0 Å². The number of benzene rings is 1. The zero-order valence-corrected chi connectivity index (χ0v) is 13.0. The van der Waals surface area contributed by atoms with Crippen LogP contribution in [0, 0.1) is 0 Å². The van der Waals surface area contributed by atoms with Crippen LogP contribution in [0.2, 0.25) is 0 Å². The van der Waals surface area contributed by atoms with Crippen molar-refractivity contribution in [2.75, 3.05) is 7.11 Å². The van der Waals surface area contributed by atoms with E-state index in [2.05, 4.69) is 6.92 Å². The minimum atomic E-state index is -0.482. The Labute approximate surface area is 120 Å². The molecule has 0 spiro atoms. The van der Waals surface area contributed by atoms with Gasteiger partial charge in [0.15, 0.2) is 0 Å². The predicted octanol–water partition coefficient (Wildman–Crippen LogP) is 4.68. The molecule has 2 nitrogen and oxygen atoms in total. The van der Waals surface area contributed by atoms with Gasteiger partial charge in [-0.1, -0.05) is 50.8 Å². The van der Waals surface area contributed by atoms with Gasteiger partial charge in [-0.25, -0.2) is 0 Å². The van der Waals surface area contributed by atoms with Crippen molar-refractivity contribution < 1.29 is 9.53 Å². The number of rotatable bonds is 8. The van der Waals surface area contributed by atoms with Crippen LogP contribution in [-0.4, -0.2) is 17.8 Å². The Morgan fingerprint density at radius 1 is 1.21 bits per heavy atom. The van der Waals surface area contributed by atoms with Crippen molar-refractivity contribution in [3.63, 3.8) is 0 Å². The van der Waals surface area contributed by atoms with Crippen molar-refractivity contribution in [1.82, 2.24) is 0 Å². The maximum absolute atomic E-state index is 12.1. The van der Waals surface area contributed by atoms with Crippen LogP contribution in [0.5, 0.6) is 0 Å². The maximum atomic E-state index is 12.1. The molecule has 19 heavy (non-hydrogen) atoms. The molecule has 0 heterocycles. The minimum absolute atomic E-state index is 0.127. The first-order valence-electron chi connectivity index (χ1n) is 6.95. The van der Waals surface area contributed by atoms with Gasteiger partial charge >= 0.3 is 5.97 Å². The van der Waals surface area contributed by atoms with E-state index in [1.165, 1.54) is 26.4 Å². The maximum Gasteiger partial charge on any atom is 0.322 e. The summed E-state index contributed by atoms with van der Waals surface area (Å²) in [4.78, 5) is 13.2. The quantitative estimate of drug-likeness (QED) is 0.393. The molecule has 1 rings (SSSR count). The Balaban J connectivity index is 2.67. The number of unbranched alkanes of at least 4 members (excludes halogenated alkanes) is 3. The zero-order chi connectivity index (χ0) is 14.1. The van der Waals surface area contributed by atoms with Crippen LogP contribution in [0.4, 0.5) is 0 Å². The van der Waals surface area contributed by atoms with Crippen LogP contribution in [0.1, 0.15) is 46.0 Å². The topological polar surface area (TPSA) is 26.3 Å². The van der Waals surface area contributed by atoms with Gasteiger partial charge in [0.1, 0.15) is 4.75 Å². The molecular weight excluding hydrogens is 256 g/mol. The third-order valence-corrected chi connectivity index (χ3v) is 4.54. The fourth-order valence-electron chi connectivity index (χ4n) is 2.05. The summed E-state index contributed by atoms with van der Waals surface area (Å²) in [5.41, 5.74) is 0. The first-order chi connectivity index (χ1) is 9.12. The molecule has 0 aliphatic heterocycles. The lowest BCUT2D eigenvalue weighted by Gasteiger charge is -2.26. The number of thioether (sulfide) groups is 1. The summed E-state index contributed by atoms with van der Waals surface area (Å²) in [6.07, 6.45) is 5.55. The molecule has 0 aliphatic carbocycles. The number of esters is 1. The SMILES string of the molecule is CCCCCC[C@@](C)(Sc1ccccc1)C(=O)OC. The van der Waals surface area contributed by atoms with Crippen molar-refractivity contribution in [2.24, 2.45) is 0 Å². The first kappa shape index (κ1) is 16.1. The van der Waals surface area contributed by atoms with E-state index in [0.717, 1.165) is 17.7 Å². The second-order valence-electron chi connectivity index (χ2n) is 4.95. The highest BCUT2D eigenvalue weighted by Crippen LogP contribution is 2.37. The van der Waals surface area contributed by atoms with Gasteiger partial charge in [-0.3, -0.25) is 4.79 Å². The van der Waals surface area contributed by atoms with E-state index in [1.54, 1.807) is 11.8 Å². The van der Waals surface area contributed by atoms with Gasteiger partial charge in [-0.2, -0.15) is 0 Å². The third kappa shape index (κ3) is 5.27. The molecule has 0 aromatic heterocycles. The van der Waals surface area contributed by atoms with Gasteiger partial charge < -0.3 is 4.74 Å². The Hall–Kier alpha value is -0.960. The Morgan fingerprint density at radius 3 is 2.47 bits per heavy atom. The highest BCUT2D eigenvalue weighted by Gasteiger charge is 2.35. The van der Waals surface area contributed by atoms with Gasteiger partial charge in [-0.05, 0) is 25.5 Å². The summed E-state index contributed by atoms with van der Waals surface area (Å²) >= 11 is 1.61. The summed E-state index contributed by atoms with van der Waals surface area (Å²) in [5.74, 6) is -0.127. The fourth-order valence-corrected chi connectivity index (χ4v) is 3.27. The van der Waals surface area contributed by atoms with Crippen molar-refractivity contribution >= 4 is 17.7 Å². The molecule has 0 N–H and O–H groups in total. The average molecular weight is 280 g/mol. The van der Waals surface area contributed by atoms with Gasteiger partial charge in [0, 0.05) is 4.90 Å². The molecule has 3 heteroatoms. The Morgan fingerprint density at radius 2 is 1.89 bits per heavy atom. The summed E-state index contributed by atoms with van der Waals surface area (Å²) in [5, 5.41) is 0. The highest BCUT2D eigenvalue weighted by atomic mass is 32.2. The van der Waals surface area contributed by atoms with E-state index in [9.17, 15) is 4.79 Å². The summed E-state index contributed by atoms with van der Waals surface area (Å²) in [6, 6.07) is 10.1. The lowest BCUT2D eigenvalue weighted by atomic mass is 10.0. The molecule has 0 fully saturated rings. The molecule has 1 aromatic carbocycles. The number of ether oxygens (including phenoxy) is 1. The van der Waals surface area contributed by atoms with Gasteiger partial charge in [0.05, 0.1) is 7.11 Å². The number of carbonyl (C=O) groups is 1. The standard InChI is InChI=1S/C16H24O2S/c1-4-5-6-10-13-16(2,15(17)18-3)19-14-11-8-7-9-12-14/h7-9,11-12H,4-6,10,13H2,1-3H3/t16-/m1/s1. The molecule has 0 radical (unpaired) electrons. The van der Waals surface area contributed by atoms with Crippen molar-refractivity contribution in [3.8, 4) is 0 Å². The van der Waals surface area contributed by atoms with Crippen LogP contribution >= 0.6 is 11.8 Å². The summed E-state index contributed by atoms with van der Waals surface area (Å²) in [6.45, 7) is 4.18. The van der Waals surface area contributed by atoms with E-state index >= 15 is 0 Å². The fraction of sp³-hybridized carbons (Fsp3) is 0.562. The molecule has 0 saturated carbocycles. The Bertz CT molecular complexity index is 378. The van der Waals surface area contributed by atoms with Gasteiger partial charge in [0.2, 0.25) is 0 Å². The first-order valence-corrected chi connectivity index (χ1v) is 7.76. The second kappa shape index (κ2) is 8.26. The average Bonchev–Trinajstić information content (AvgIpc) is 2.44. The largest absolute Gasteiger partial charge is 0.468 e. The highest BCUT2D eigenvalue weighted by molar-refractivity contribution is 8.01. The third-order valence-electron chi connectivity index (χ3n) is 3.21. The lowest BCUT2D eigenvalue weighted by molar-refractivity contribution is -0.143. The number of hydrogen-bond donors (Lipinski definition) is 0. The second-order valence-corrected chi connectivity index (χ2v) is 6.52.